The first-order valence-corrected chi connectivity index (χ1v) is 9.57. The van der Waals surface area contributed by atoms with Crippen LogP contribution in [0.2, 0.25) is 0 Å². The van der Waals surface area contributed by atoms with Crippen molar-refractivity contribution in [3.8, 4) is 0 Å². The Morgan fingerprint density at radius 2 is 2.04 bits per heavy atom. The third kappa shape index (κ3) is 8.37. The van der Waals surface area contributed by atoms with Crippen LogP contribution >= 0.6 is 0 Å². The summed E-state index contributed by atoms with van der Waals surface area (Å²) in [5, 5.41) is 6.37. The molecule has 1 fully saturated rings. The van der Waals surface area contributed by atoms with Crippen LogP contribution < -0.4 is 10.6 Å². The van der Waals surface area contributed by atoms with Crippen LogP contribution in [0.3, 0.4) is 0 Å². The van der Waals surface area contributed by atoms with Gasteiger partial charge in [0.25, 0.3) is 0 Å². The second-order valence-electron chi connectivity index (χ2n) is 6.57. The highest BCUT2D eigenvalue weighted by Crippen LogP contribution is 2.25. The lowest BCUT2D eigenvalue weighted by molar-refractivity contribution is -0.127. The van der Waals surface area contributed by atoms with Gasteiger partial charge in [-0.1, -0.05) is 18.9 Å². The third-order valence-corrected chi connectivity index (χ3v) is 4.47. The molecule has 0 aromatic carbocycles. The van der Waals surface area contributed by atoms with Gasteiger partial charge in [-0.25, -0.2) is 0 Å². The molecule has 0 atom stereocenters. The van der Waals surface area contributed by atoms with Crippen molar-refractivity contribution < 1.29 is 4.79 Å². The maximum absolute atomic E-state index is 11.8. The zero-order chi connectivity index (χ0) is 17.6. The summed E-state index contributed by atoms with van der Waals surface area (Å²) in [5.74, 6) is 1.47. The van der Waals surface area contributed by atoms with Gasteiger partial charge in [0.05, 0.1) is 0 Å². The Morgan fingerprint density at radius 3 is 2.67 bits per heavy atom. The molecule has 24 heavy (non-hydrogen) atoms. The largest absolute Gasteiger partial charge is 0.357 e. The van der Waals surface area contributed by atoms with E-state index in [1.165, 1.54) is 25.7 Å². The number of allylic oxidation sites excluding steroid dienone is 1. The summed E-state index contributed by atoms with van der Waals surface area (Å²) >= 11 is 0. The summed E-state index contributed by atoms with van der Waals surface area (Å²) in [4.78, 5) is 18.6. The molecule has 0 unspecified atom stereocenters. The summed E-state index contributed by atoms with van der Waals surface area (Å²) < 4.78 is 0. The van der Waals surface area contributed by atoms with E-state index in [0.717, 1.165) is 57.8 Å². The molecule has 0 aromatic heterocycles. The minimum atomic E-state index is 0.230. The number of hydrogen-bond acceptors (Lipinski definition) is 2. The van der Waals surface area contributed by atoms with Crippen LogP contribution in [0.1, 0.15) is 58.3 Å². The third-order valence-electron chi connectivity index (χ3n) is 4.47. The Morgan fingerprint density at radius 1 is 1.25 bits per heavy atom. The van der Waals surface area contributed by atoms with E-state index < -0.39 is 0 Å². The summed E-state index contributed by atoms with van der Waals surface area (Å²) in [6.45, 7) is 9.21. The average molecular weight is 337 g/mol. The zero-order valence-corrected chi connectivity index (χ0v) is 15.6. The predicted octanol–water partition coefficient (Wildman–Crippen LogP) is 2.94. The van der Waals surface area contributed by atoms with Crippen LogP contribution in [0.25, 0.3) is 0 Å². The quantitative estimate of drug-likeness (QED) is 0.249. The Hall–Kier alpha value is -1.52. The van der Waals surface area contributed by atoms with Gasteiger partial charge < -0.3 is 15.5 Å². The number of amides is 1. The van der Waals surface area contributed by atoms with E-state index in [1.807, 2.05) is 6.08 Å². The monoisotopic (exact) mass is 336 g/mol. The number of nitrogens with one attached hydrogen (secondary N) is 2. The predicted molar refractivity (Wildman–Crippen MR) is 102 cm³/mol. The van der Waals surface area contributed by atoms with Crippen molar-refractivity contribution in [2.75, 3.05) is 33.2 Å². The molecule has 1 saturated carbocycles. The first-order valence-electron chi connectivity index (χ1n) is 9.57. The molecule has 0 heterocycles. The first kappa shape index (κ1) is 20.5. The second-order valence-corrected chi connectivity index (χ2v) is 6.57. The molecule has 1 aliphatic carbocycles. The summed E-state index contributed by atoms with van der Waals surface area (Å²) in [6, 6.07) is 0. The van der Waals surface area contributed by atoms with E-state index in [4.69, 9.17) is 0 Å². The number of unbranched alkanes of at least 4 members (excludes halogenated alkanes) is 3. The lowest BCUT2D eigenvalue weighted by Gasteiger charge is -2.24. The molecule has 5 nitrogen and oxygen atoms in total. The zero-order valence-electron chi connectivity index (χ0n) is 15.6. The number of carbonyl (C=O) groups excluding carboxylic acids is 1. The number of aliphatic imine (C=N–C) groups is 1. The van der Waals surface area contributed by atoms with Crippen molar-refractivity contribution >= 4 is 11.9 Å². The molecule has 0 spiro atoms. The Bertz CT molecular complexity index is 391. The van der Waals surface area contributed by atoms with E-state index in [2.05, 4.69) is 41.1 Å². The fraction of sp³-hybridized carbons (Fsp3) is 0.789. The van der Waals surface area contributed by atoms with Gasteiger partial charge in [-0.15, -0.1) is 6.58 Å². The highest BCUT2D eigenvalue weighted by molar-refractivity contribution is 5.80. The Labute approximate surface area is 148 Å². The number of nitrogens with zero attached hydrogens (tertiary/aromatic N) is 2. The molecule has 0 aromatic rings. The highest BCUT2D eigenvalue weighted by atomic mass is 16.1. The average Bonchev–Trinajstić information content (AvgIpc) is 2.51. The molecule has 1 aliphatic rings. The molecule has 0 saturated heterocycles. The molecule has 5 heteroatoms. The number of hydrogen-bond donors (Lipinski definition) is 2. The normalized spacial score (nSPS) is 14.8. The maximum Gasteiger partial charge on any atom is 0.223 e. The van der Waals surface area contributed by atoms with E-state index in [1.54, 1.807) is 0 Å². The van der Waals surface area contributed by atoms with Gasteiger partial charge in [-0.2, -0.15) is 0 Å². The molecule has 0 bridgehead atoms. The number of guanidine groups is 1. The van der Waals surface area contributed by atoms with Crippen molar-refractivity contribution in [1.29, 1.82) is 0 Å². The summed E-state index contributed by atoms with van der Waals surface area (Å²) in [7, 11) is 2.09. The van der Waals surface area contributed by atoms with Crippen LogP contribution in [-0.2, 0) is 4.79 Å². The summed E-state index contributed by atoms with van der Waals surface area (Å²) in [6.07, 6.45) is 10.9. The molecular weight excluding hydrogens is 300 g/mol. The smallest absolute Gasteiger partial charge is 0.223 e. The van der Waals surface area contributed by atoms with Crippen LogP contribution in [-0.4, -0.2) is 50.0 Å². The van der Waals surface area contributed by atoms with Gasteiger partial charge in [0.1, 0.15) is 0 Å². The minimum absolute atomic E-state index is 0.230. The molecule has 138 valence electrons. The SMILES string of the molecule is C=CCCCCCN(C)C(=NCCCNC(=O)C1CCC1)NCC. The topological polar surface area (TPSA) is 56.7 Å². The number of rotatable bonds is 12. The lowest BCUT2D eigenvalue weighted by atomic mass is 9.85. The van der Waals surface area contributed by atoms with E-state index in [9.17, 15) is 4.79 Å². The van der Waals surface area contributed by atoms with Crippen molar-refractivity contribution in [3.05, 3.63) is 12.7 Å². The first-order chi connectivity index (χ1) is 11.7. The Balaban J connectivity index is 2.19. The fourth-order valence-electron chi connectivity index (χ4n) is 2.68. The van der Waals surface area contributed by atoms with E-state index in [0.29, 0.717) is 0 Å². The summed E-state index contributed by atoms with van der Waals surface area (Å²) in [5.41, 5.74) is 0. The second kappa shape index (κ2) is 12.8. The van der Waals surface area contributed by atoms with Gasteiger partial charge >= 0.3 is 0 Å². The fourth-order valence-corrected chi connectivity index (χ4v) is 2.68. The maximum atomic E-state index is 11.8. The lowest BCUT2D eigenvalue weighted by Crippen LogP contribution is -2.39. The van der Waals surface area contributed by atoms with Crippen molar-refractivity contribution in [1.82, 2.24) is 15.5 Å². The highest BCUT2D eigenvalue weighted by Gasteiger charge is 2.24. The van der Waals surface area contributed by atoms with Gasteiger partial charge in [0.15, 0.2) is 5.96 Å². The van der Waals surface area contributed by atoms with Crippen molar-refractivity contribution in [2.45, 2.75) is 58.3 Å². The van der Waals surface area contributed by atoms with Crippen LogP contribution in [0.15, 0.2) is 17.6 Å². The standard InChI is InChI=1S/C19H36N4O/c1-4-6-7-8-9-16-23(3)19(20-5-2)22-15-11-14-21-18(24)17-12-10-13-17/h4,17H,1,5-16H2,2-3H3,(H,20,22)(H,21,24). The van der Waals surface area contributed by atoms with Crippen LogP contribution in [0, 0.1) is 5.92 Å². The van der Waals surface area contributed by atoms with Crippen LogP contribution in [0.4, 0.5) is 0 Å². The Kier molecular flexibility index (Phi) is 11.0. The molecule has 1 amide bonds. The molecule has 0 aliphatic heterocycles. The van der Waals surface area contributed by atoms with E-state index >= 15 is 0 Å². The van der Waals surface area contributed by atoms with Crippen molar-refractivity contribution in [3.63, 3.8) is 0 Å². The molecule has 0 radical (unpaired) electrons. The molecule has 2 N–H and O–H groups in total. The van der Waals surface area contributed by atoms with Gasteiger partial charge in [-0.3, -0.25) is 9.79 Å². The number of carbonyl (C=O) groups is 1. The van der Waals surface area contributed by atoms with E-state index in [-0.39, 0.29) is 11.8 Å². The van der Waals surface area contributed by atoms with Gasteiger partial charge in [0.2, 0.25) is 5.91 Å². The molecule has 1 rings (SSSR count). The van der Waals surface area contributed by atoms with Crippen LogP contribution in [0.5, 0.6) is 0 Å². The van der Waals surface area contributed by atoms with Crippen molar-refractivity contribution in [2.24, 2.45) is 10.9 Å². The minimum Gasteiger partial charge on any atom is -0.357 e. The van der Waals surface area contributed by atoms with Gasteiger partial charge in [-0.05, 0) is 45.4 Å². The van der Waals surface area contributed by atoms with Gasteiger partial charge in [0, 0.05) is 39.1 Å². The molecular formula is C19H36N4O.